The van der Waals surface area contributed by atoms with Crippen LogP contribution < -0.4 is 20.7 Å². The summed E-state index contributed by atoms with van der Waals surface area (Å²) in [4.78, 5) is 35.6. The fourth-order valence-corrected chi connectivity index (χ4v) is 4.68. The Morgan fingerprint density at radius 2 is 1.95 bits per heavy atom. The number of ether oxygens (including phenoxy) is 2. The van der Waals surface area contributed by atoms with Gasteiger partial charge >= 0.3 is 0 Å². The molecule has 0 spiro atoms. The van der Waals surface area contributed by atoms with E-state index in [1.807, 2.05) is 17.4 Å². The number of nitrogens with zero attached hydrogens (tertiary/aromatic N) is 4. The molecule has 12 heteroatoms. The number of piperazine rings is 1. The standard InChI is InChI=1S/C29H32FN7O4/c1-19-15-21(4-5-22(19)29(39)33-10-14-41-18-26(38)36-11-7-31-8-12-36)35-27-28-34-17-24(37(28)13-9-32-27)20-3-6-25(40-2)23(30)16-20/h3-6,9,13,15-17,31H,7-8,10-12,14,18H2,1-2H3,(H,32,35)(H,33,39). The maximum Gasteiger partial charge on any atom is 0.251 e. The maximum atomic E-state index is 14.3. The van der Waals surface area contributed by atoms with E-state index in [9.17, 15) is 14.0 Å². The molecule has 5 rings (SSSR count). The topological polar surface area (TPSA) is 122 Å². The fourth-order valence-electron chi connectivity index (χ4n) is 4.68. The lowest BCUT2D eigenvalue weighted by molar-refractivity contribution is -0.136. The molecule has 2 aromatic heterocycles. The van der Waals surface area contributed by atoms with Crippen molar-refractivity contribution >= 4 is 29.0 Å². The lowest BCUT2D eigenvalue weighted by Gasteiger charge is -2.27. The molecule has 1 saturated heterocycles. The Morgan fingerprint density at radius 3 is 2.71 bits per heavy atom. The zero-order chi connectivity index (χ0) is 28.8. The van der Waals surface area contributed by atoms with Gasteiger partial charge in [0.1, 0.15) is 6.61 Å². The number of fused-ring (bicyclic) bond motifs is 1. The lowest BCUT2D eigenvalue weighted by Crippen LogP contribution is -2.47. The highest BCUT2D eigenvalue weighted by molar-refractivity contribution is 5.96. The number of aryl methyl sites for hydroxylation is 1. The van der Waals surface area contributed by atoms with Gasteiger partial charge in [-0.25, -0.2) is 14.4 Å². The van der Waals surface area contributed by atoms with E-state index in [-0.39, 0.29) is 30.8 Å². The number of carbonyl (C=O) groups is 2. The molecule has 0 unspecified atom stereocenters. The van der Waals surface area contributed by atoms with Crippen molar-refractivity contribution in [2.24, 2.45) is 0 Å². The molecule has 3 N–H and O–H groups in total. The van der Waals surface area contributed by atoms with Gasteiger partial charge in [0.05, 0.1) is 25.6 Å². The van der Waals surface area contributed by atoms with Crippen molar-refractivity contribution < 1.29 is 23.5 Å². The van der Waals surface area contributed by atoms with Gasteiger partial charge < -0.3 is 30.3 Å². The van der Waals surface area contributed by atoms with Crippen molar-refractivity contribution in [2.45, 2.75) is 6.92 Å². The zero-order valence-electron chi connectivity index (χ0n) is 22.9. The van der Waals surface area contributed by atoms with E-state index in [2.05, 4.69) is 25.9 Å². The second-order valence-electron chi connectivity index (χ2n) is 9.56. The minimum absolute atomic E-state index is 0.00502. The number of amides is 2. The van der Waals surface area contributed by atoms with E-state index in [1.54, 1.807) is 47.8 Å². The average Bonchev–Trinajstić information content (AvgIpc) is 3.42. The molecule has 214 valence electrons. The van der Waals surface area contributed by atoms with Gasteiger partial charge in [0.15, 0.2) is 23.0 Å². The van der Waals surface area contributed by atoms with Crippen LogP contribution in [-0.4, -0.2) is 84.1 Å². The molecule has 1 fully saturated rings. The summed E-state index contributed by atoms with van der Waals surface area (Å²) in [6.07, 6.45) is 5.05. The quantitative estimate of drug-likeness (QED) is 0.253. The van der Waals surface area contributed by atoms with Crippen LogP contribution in [0.5, 0.6) is 5.75 Å². The van der Waals surface area contributed by atoms with E-state index in [4.69, 9.17) is 9.47 Å². The second-order valence-corrected chi connectivity index (χ2v) is 9.56. The number of anilines is 2. The summed E-state index contributed by atoms with van der Waals surface area (Å²) < 4.78 is 26.6. The Bertz CT molecular complexity index is 1550. The first kappa shape index (κ1) is 28.0. The molecule has 41 heavy (non-hydrogen) atoms. The highest BCUT2D eigenvalue weighted by Crippen LogP contribution is 2.28. The highest BCUT2D eigenvalue weighted by Gasteiger charge is 2.17. The first-order valence-electron chi connectivity index (χ1n) is 13.3. The molecule has 0 atom stereocenters. The molecule has 2 aromatic carbocycles. The average molecular weight is 562 g/mol. The van der Waals surface area contributed by atoms with Crippen LogP contribution in [0.3, 0.4) is 0 Å². The van der Waals surface area contributed by atoms with Crippen molar-refractivity contribution in [3.8, 4) is 17.0 Å². The van der Waals surface area contributed by atoms with Crippen LogP contribution in [0.15, 0.2) is 55.0 Å². The Morgan fingerprint density at radius 1 is 1.12 bits per heavy atom. The molecule has 4 aromatic rings. The largest absolute Gasteiger partial charge is 0.494 e. The van der Waals surface area contributed by atoms with Crippen molar-refractivity contribution in [3.05, 3.63) is 71.9 Å². The van der Waals surface area contributed by atoms with Crippen molar-refractivity contribution in [1.29, 1.82) is 0 Å². The number of imidazole rings is 1. The summed E-state index contributed by atoms with van der Waals surface area (Å²) >= 11 is 0. The molecule has 0 bridgehead atoms. The third-order valence-electron chi connectivity index (χ3n) is 6.84. The van der Waals surface area contributed by atoms with Crippen molar-refractivity contribution in [1.82, 2.24) is 29.9 Å². The Hall–Kier alpha value is -4.55. The second kappa shape index (κ2) is 12.7. The molecule has 3 heterocycles. The first-order chi connectivity index (χ1) is 19.9. The van der Waals surface area contributed by atoms with Gasteiger partial charge in [-0.3, -0.25) is 14.0 Å². The van der Waals surface area contributed by atoms with Crippen LogP contribution in [0.25, 0.3) is 16.9 Å². The normalized spacial score (nSPS) is 13.3. The highest BCUT2D eigenvalue weighted by atomic mass is 19.1. The molecule has 0 radical (unpaired) electrons. The number of nitrogens with one attached hydrogen (secondary N) is 3. The van der Waals surface area contributed by atoms with Gasteiger partial charge in [-0.2, -0.15) is 0 Å². The van der Waals surface area contributed by atoms with E-state index in [0.717, 1.165) is 24.3 Å². The van der Waals surface area contributed by atoms with Gasteiger partial charge in [-0.15, -0.1) is 0 Å². The number of halogens is 1. The molecule has 1 aliphatic heterocycles. The van der Waals surface area contributed by atoms with E-state index in [1.165, 1.54) is 13.2 Å². The monoisotopic (exact) mass is 561 g/mol. The number of hydrogen-bond donors (Lipinski definition) is 3. The van der Waals surface area contributed by atoms with Crippen molar-refractivity contribution in [2.75, 3.05) is 58.4 Å². The number of carbonyl (C=O) groups excluding carboxylic acids is 2. The number of aromatic nitrogens is 3. The molecule has 2 amide bonds. The van der Waals surface area contributed by atoms with Gasteiger partial charge in [0, 0.05) is 61.9 Å². The Labute approximate surface area is 236 Å². The van der Waals surface area contributed by atoms with Gasteiger partial charge in [-0.1, -0.05) is 0 Å². The Kier molecular flexibility index (Phi) is 8.70. The van der Waals surface area contributed by atoms with Crippen LogP contribution in [0.2, 0.25) is 0 Å². The molecular weight excluding hydrogens is 529 g/mol. The third kappa shape index (κ3) is 6.44. The molecule has 1 aliphatic rings. The first-order valence-corrected chi connectivity index (χ1v) is 13.3. The minimum Gasteiger partial charge on any atom is -0.494 e. The smallest absolute Gasteiger partial charge is 0.251 e. The predicted octanol–water partition coefficient (Wildman–Crippen LogP) is 2.77. The van der Waals surface area contributed by atoms with Gasteiger partial charge in [0.25, 0.3) is 5.91 Å². The number of hydrogen-bond acceptors (Lipinski definition) is 8. The summed E-state index contributed by atoms with van der Waals surface area (Å²) in [5, 5.41) is 9.31. The molecule has 0 aliphatic carbocycles. The van der Waals surface area contributed by atoms with E-state index in [0.29, 0.717) is 47.9 Å². The number of methoxy groups -OCH3 is 1. The van der Waals surface area contributed by atoms with Crippen LogP contribution in [-0.2, 0) is 9.53 Å². The lowest BCUT2D eigenvalue weighted by atomic mass is 10.1. The predicted molar refractivity (Wildman–Crippen MR) is 152 cm³/mol. The van der Waals surface area contributed by atoms with E-state index < -0.39 is 5.82 Å². The molecule has 11 nitrogen and oxygen atoms in total. The summed E-state index contributed by atoms with van der Waals surface area (Å²) in [6, 6.07) is 10.1. The van der Waals surface area contributed by atoms with Crippen LogP contribution in [0.1, 0.15) is 15.9 Å². The summed E-state index contributed by atoms with van der Waals surface area (Å²) in [5.41, 5.74) is 3.95. The minimum atomic E-state index is -0.458. The Balaban J connectivity index is 1.18. The molecule has 0 saturated carbocycles. The third-order valence-corrected chi connectivity index (χ3v) is 6.84. The van der Waals surface area contributed by atoms with Gasteiger partial charge in [0.2, 0.25) is 5.91 Å². The number of benzene rings is 2. The zero-order valence-corrected chi connectivity index (χ0v) is 22.9. The van der Waals surface area contributed by atoms with Crippen molar-refractivity contribution in [3.63, 3.8) is 0 Å². The molecular formula is C29H32FN7O4. The van der Waals surface area contributed by atoms with E-state index >= 15 is 0 Å². The summed E-state index contributed by atoms with van der Waals surface area (Å²) in [6.45, 7) is 5.34. The maximum absolute atomic E-state index is 14.3. The van der Waals surface area contributed by atoms with Crippen LogP contribution >= 0.6 is 0 Å². The number of rotatable bonds is 10. The summed E-state index contributed by atoms with van der Waals surface area (Å²) in [5.74, 6) is -0.0402. The van der Waals surface area contributed by atoms with Gasteiger partial charge in [-0.05, 0) is 48.9 Å². The fraction of sp³-hybridized carbons (Fsp3) is 0.310. The SMILES string of the molecule is COc1ccc(-c2cnc3c(Nc4ccc(C(=O)NCCOCC(=O)N5CCNCC5)c(C)c4)nccn23)cc1F. The van der Waals surface area contributed by atoms with Crippen LogP contribution in [0.4, 0.5) is 15.9 Å². The van der Waals surface area contributed by atoms with Crippen LogP contribution in [0, 0.1) is 12.7 Å². The summed E-state index contributed by atoms with van der Waals surface area (Å²) in [7, 11) is 1.42.